The Bertz CT molecular complexity index is 232. The molecule has 0 fully saturated rings. The zero-order chi connectivity index (χ0) is 8.27. The molecule has 0 bridgehead atoms. The minimum atomic E-state index is 0.661. The molecule has 0 unspecified atom stereocenters. The van der Waals surface area contributed by atoms with Crippen molar-refractivity contribution in [2.24, 2.45) is 0 Å². The van der Waals surface area contributed by atoms with Gasteiger partial charge in [0.05, 0.1) is 10.0 Å². The van der Waals surface area contributed by atoms with E-state index in [1.807, 2.05) is 0 Å². The second-order valence-electron chi connectivity index (χ2n) is 2.02. The van der Waals surface area contributed by atoms with Gasteiger partial charge in [-0.3, -0.25) is 4.98 Å². The summed E-state index contributed by atoms with van der Waals surface area (Å²) >= 11 is 14.0. The average Bonchev–Trinajstić information content (AvgIpc) is 1.97. The van der Waals surface area contributed by atoms with Gasteiger partial charge in [-0.25, -0.2) is 0 Å². The topological polar surface area (TPSA) is 12.9 Å². The van der Waals surface area contributed by atoms with Crippen LogP contribution in [0.2, 0.25) is 10.0 Å². The van der Waals surface area contributed by atoms with Crippen LogP contribution in [0.25, 0.3) is 0 Å². The molecule has 0 spiro atoms. The SMILES string of the molecule is Clc1cncc(Cl)c1CCI. The molecular formula is C7H6Cl2IN. The van der Waals surface area contributed by atoms with E-state index in [-0.39, 0.29) is 0 Å². The minimum absolute atomic E-state index is 0.661. The van der Waals surface area contributed by atoms with Crippen molar-refractivity contribution in [2.75, 3.05) is 4.43 Å². The summed E-state index contributed by atoms with van der Waals surface area (Å²) in [7, 11) is 0. The maximum atomic E-state index is 5.86. The lowest BCUT2D eigenvalue weighted by molar-refractivity contribution is 1.15. The fraction of sp³-hybridized carbons (Fsp3) is 0.286. The molecule has 1 aromatic heterocycles. The molecule has 1 nitrogen and oxygen atoms in total. The van der Waals surface area contributed by atoms with Gasteiger partial charge in [-0.15, -0.1) is 0 Å². The Morgan fingerprint density at radius 2 is 1.82 bits per heavy atom. The highest BCUT2D eigenvalue weighted by molar-refractivity contribution is 14.1. The third-order valence-electron chi connectivity index (χ3n) is 1.30. The molecule has 0 aliphatic heterocycles. The molecule has 1 aromatic rings. The van der Waals surface area contributed by atoms with Gasteiger partial charge < -0.3 is 0 Å². The van der Waals surface area contributed by atoms with Gasteiger partial charge in [0.25, 0.3) is 0 Å². The third kappa shape index (κ3) is 2.46. The third-order valence-corrected chi connectivity index (χ3v) is 2.49. The van der Waals surface area contributed by atoms with E-state index in [9.17, 15) is 0 Å². The molecule has 1 rings (SSSR count). The van der Waals surface area contributed by atoms with Gasteiger partial charge in [0, 0.05) is 16.8 Å². The number of hydrogen-bond acceptors (Lipinski definition) is 1. The van der Waals surface area contributed by atoms with E-state index in [0.29, 0.717) is 10.0 Å². The van der Waals surface area contributed by atoms with Crippen molar-refractivity contribution in [1.82, 2.24) is 4.98 Å². The predicted octanol–water partition coefficient (Wildman–Crippen LogP) is 3.37. The molecule has 4 heteroatoms. The van der Waals surface area contributed by atoms with Crippen molar-refractivity contribution in [3.05, 3.63) is 28.0 Å². The van der Waals surface area contributed by atoms with Crippen molar-refractivity contribution in [2.45, 2.75) is 6.42 Å². The standard InChI is InChI=1S/C7H6Cl2IN/c8-6-3-11-4-7(9)5(6)1-2-10/h3-4H,1-2H2. The molecule has 11 heavy (non-hydrogen) atoms. The molecule has 1 heterocycles. The lowest BCUT2D eigenvalue weighted by atomic mass is 10.2. The first-order chi connectivity index (χ1) is 5.25. The molecule has 0 N–H and O–H groups in total. The highest BCUT2D eigenvalue weighted by Crippen LogP contribution is 2.23. The Hall–Kier alpha value is 0.460. The molecule has 0 aliphatic carbocycles. The maximum Gasteiger partial charge on any atom is 0.0636 e. The molecule has 0 saturated heterocycles. The van der Waals surface area contributed by atoms with Crippen molar-refractivity contribution in [3.63, 3.8) is 0 Å². The maximum absolute atomic E-state index is 5.86. The lowest BCUT2D eigenvalue weighted by Crippen LogP contribution is -1.89. The van der Waals surface area contributed by atoms with Crippen LogP contribution in [-0.2, 0) is 6.42 Å². The van der Waals surface area contributed by atoms with E-state index in [1.165, 1.54) is 0 Å². The summed E-state index contributed by atoms with van der Waals surface area (Å²) in [5, 5.41) is 1.32. The van der Waals surface area contributed by atoms with Gasteiger partial charge in [-0.1, -0.05) is 45.8 Å². The second kappa shape index (κ2) is 4.48. The van der Waals surface area contributed by atoms with Crippen LogP contribution in [0.1, 0.15) is 5.56 Å². The number of rotatable bonds is 2. The van der Waals surface area contributed by atoms with Gasteiger partial charge in [0.15, 0.2) is 0 Å². The molecule has 0 aliphatic rings. The summed E-state index contributed by atoms with van der Waals surface area (Å²) in [6, 6.07) is 0. The lowest BCUT2D eigenvalue weighted by Gasteiger charge is -2.02. The number of halogens is 3. The Kier molecular flexibility index (Phi) is 3.89. The summed E-state index contributed by atoms with van der Waals surface area (Å²) < 4.78 is 1.02. The highest BCUT2D eigenvalue weighted by Gasteiger charge is 2.03. The Labute approximate surface area is 89.2 Å². The van der Waals surface area contributed by atoms with Crippen LogP contribution in [-0.4, -0.2) is 9.41 Å². The molecular weight excluding hydrogens is 296 g/mol. The smallest absolute Gasteiger partial charge is 0.0636 e. The van der Waals surface area contributed by atoms with E-state index in [4.69, 9.17) is 23.2 Å². The van der Waals surface area contributed by atoms with E-state index < -0.39 is 0 Å². The fourth-order valence-electron chi connectivity index (χ4n) is 0.771. The monoisotopic (exact) mass is 301 g/mol. The largest absolute Gasteiger partial charge is 0.262 e. The zero-order valence-electron chi connectivity index (χ0n) is 5.65. The van der Waals surface area contributed by atoms with Gasteiger partial charge in [-0.05, 0) is 12.0 Å². The van der Waals surface area contributed by atoms with E-state index in [2.05, 4.69) is 27.6 Å². The zero-order valence-corrected chi connectivity index (χ0v) is 9.32. The summed E-state index contributed by atoms with van der Waals surface area (Å²) in [4.78, 5) is 3.86. The van der Waals surface area contributed by atoms with Crippen molar-refractivity contribution in [3.8, 4) is 0 Å². The summed E-state index contributed by atoms with van der Waals surface area (Å²) in [5.74, 6) is 0. The summed E-state index contributed by atoms with van der Waals surface area (Å²) in [6.07, 6.45) is 4.14. The first kappa shape index (κ1) is 9.55. The molecule has 0 atom stereocenters. The number of alkyl halides is 1. The van der Waals surface area contributed by atoms with E-state index in [1.54, 1.807) is 12.4 Å². The van der Waals surface area contributed by atoms with Gasteiger partial charge >= 0.3 is 0 Å². The van der Waals surface area contributed by atoms with Crippen LogP contribution in [0.4, 0.5) is 0 Å². The van der Waals surface area contributed by atoms with Crippen molar-refractivity contribution >= 4 is 45.8 Å². The van der Waals surface area contributed by atoms with Crippen molar-refractivity contribution in [1.29, 1.82) is 0 Å². The van der Waals surface area contributed by atoms with Crippen LogP contribution in [0, 0.1) is 0 Å². The normalized spacial score (nSPS) is 10.1. The van der Waals surface area contributed by atoms with Crippen LogP contribution in [0.3, 0.4) is 0 Å². The first-order valence-electron chi connectivity index (χ1n) is 3.09. The van der Waals surface area contributed by atoms with Crippen molar-refractivity contribution < 1.29 is 0 Å². The Balaban J connectivity index is 3.00. The van der Waals surface area contributed by atoms with Crippen LogP contribution in [0.15, 0.2) is 12.4 Å². The first-order valence-corrected chi connectivity index (χ1v) is 5.37. The summed E-state index contributed by atoms with van der Waals surface area (Å²) in [5.41, 5.74) is 0.998. The second-order valence-corrected chi connectivity index (χ2v) is 3.91. The molecule has 0 amide bonds. The number of pyridine rings is 1. The van der Waals surface area contributed by atoms with Crippen LogP contribution < -0.4 is 0 Å². The van der Waals surface area contributed by atoms with E-state index in [0.717, 1.165) is 16.4 Å². The quantitative estimate of drug-likeness (QED) is 0.603. The Morgan fingerprint density at radius 1 is 1.27 bits per heavy atom. The molecule has 60 valence electrons. The number of hydrogen-bond donors (Lipinski definition) is 0. The fourth-order valence-corrected chi connectivity index (χ4v) is 1.86. The highest BCUT2D eigenvalue weighted by atomic mass is 127. The Morgan fingerprint density at radius 3 is 2.27 bits per heavy atom. The minimum Gasteiger partial charge on any atom is -0.262 e. The van der Waals surface area contributed by atoms with Gasteiger partial charge in [0.2, 0.25) is 0 Å². The predicted molar refractivity (Wildman–Crippen MR) is 56.8 cm³/mol. The van der Waals surface area contributed by atoms with E-state index >= 15 is 0 Å². The molecule has 0 saturated carbocycles. The average molecular weight is 302 g/mol. The molecule has 0 aromatic carbocycles. The van der Waals surface area contributed by atoms with Gasteiger partial charge in [-0.2, -0.15) is 0 Å². The van der Waals surface area contributed by atoms with Gasteiger partial charge in [0.1, 0.15) is 0 Å². The van der Waals surface area contributed by atoms with Crippen LogP contribution >= 0.6 is 45.8 Å². The number of nitrogens with zero attached hydrogens (tertiary/aromatic N) is 1. The number of aromatic nitrogens is 1. The molecule has 0 radical (unpaired) electrons. The summed E-state index contributed by atoms with van der Waals surface area (Å²) in [6.45, 7) is 0. The van der Waals surface area contributed by atoms with Crippen LogP contribution in [0.5, 0.6) is 0 Å².